The molecule has 0 amide bonds. The molecule has 7 nitrogen and oxygen atoms in total. The minimum Gasteiger partial charge on any atom is -0.506 e. The summed E-state index contributed by atoms with van der Waals surface area (Å²) < 4.78 is 7.06. The number of carbonyl (C=O) groups excluding carboxylic acids is 1. The number of benzene rings is 1. The Bertz CT molecular complexity index is 981. The summed E-state index contributed by atoms with van der Waals surface area (Å²) in [4.78, 5) is 21.3. The molecule has 0 radical (unpaired) electrons. The van der Waals surface area contributed by atoms with E-state index in [1.54, 1.807) is 31.2 Å². The maximum Gasteiger partial charge on any atom is 0.338 e. The van der Waals surface area contributed by atoms with Gasteiger partial charge in [-0.3, -0.25) is 4.98 Å². The van der Waals surface area contributed by atoms with Crippen LogP contribution in [0.3, 0.4) is 0 Å². The third kappa shape index (κ3) is 4.24. The molecule has 0 unspecified atom stereocenters. The van der Waals surface area contributed by atoms with Crippen LogP contribution in [0.25, 0.3) is 11.0 Å². The van der Waals surface area contributed by atoms with E-state index in [4.69, 9.17) is 4.74 Å². The Balaban J connectivity index is 2.06. The highest BCUT2D eigenvalue weighted by Crippen LogP contribution is 2.25. The van der Waals surface area contributed by atoms with E-state index in [2.05, 4.69) is 22.2 Å². The van der Waals surface area contributed by atoms with Crippen LogP contribution in [0.4, 0.5) is 5.95 Å². The number of nitrogens with zero attached hydrogens (tertiary/aromatic N) is 3. The number of nitrogens with one attached hydrogen (secondary N) is 1. The number of unbranched alkanes of at least 4 members (excludes halogenated alkanes) is 1. The zero-order valence-corrected chi connectivity index (χ0v) is 16.5. The zero-order valence-electron chi connectivity index (χ0n) is 16.5. The van der Waals surface area contributed by atoms with Crippen molar-refractivity contribution in [2.45, 2.75) is 40.2 Å². The first kappa shape index (κ1) is 19.7. The van der Waals surface area contributed by atoms with E-state index in [0.29, 0.717) is 30.4 Å². The van der Waals surface area contributed by atoms with Gasteiger partial charge in [-0.25, -0.2) is 9.78 Å². The van der Waals surface area contributed by atoms with Gasteiger partial charge >= 0.3 is 5.97 Å². The second kappa shape index (κ2) is 8.73. The van der Waals surface area contributed by atoms with E-state index in [1.165, 1.54) is 0 Å². The van der Waals surface area contributed by atoms with Crippen molar-refractivity contribution in [1.29, 1.82) is 0 Å². The van der Waals surface area contributed by atoms with Crippen LogP contribution in [-0.4, -0.2) is 38.8 Å². The zero-order chi connectivity index (χ0) is 20.1. The van der Waals surface area contributed by atoms with Crippen LogP contribution in [0, 0.1) is 6.92 Å². The molecule has 0 spiro atoms. The Morgan fingerprint density at radius 1 is 1.21 bits per heavy atom. The molecule has 148 valence electrons. The molecule has 0 aliphatic rings. The average Bonchev–Trinajstić information content (AvgIpc) is 3.02. The van der Waals surface area contributed by atoms with Crippen LogP contribution in [0.2, 0.25) is 0 Å². The Labute approximate surface area is 164 Å². The van der Waals surface area contributed by atoms with Gasteiger partial charge in [0.2, 0.25) is 5.95 Å². The Hall–Kier alpha value is -3.09. The molecule has 2 heterocycles. The van der Waals surface area contributed by atoms with Gasteiger partial charge in [-0.05, 0) is 50.6 Å². The highest BCUT2D eigenvalue weighted by Gasteiger charge is 2.16. The largest absolute Gasteiger partial charge is 0.506 e. The monoisotopic (exact) mass is 382 g/mol. The van der Waals surface area contributed by atoms with Crippen molar-refractivity contribution in [3.63, 3.8) is 0 Å². The van der Waals surface area contributed by atoms with E-state index in [1.807, 2.05) is 17.6 Å². The van der Waals surface area contributed by atoms with Gasteiger partial charge < -0.3 is 19.7 Å². The molecular weight excluding hydrogens is 356 g/mol. The molecule has 0 aliphatic heterocycles. The van der Waals surface area contributed by atoms with Crippen molar-refractivity contribution in [3.05, 3.63) is 47.3 Å². The lowest BCUT2D eigenvalue weighted by atomic mass is 10.2. The third-order valence-corrected chi connectivity index (χ3v) is 4.47. The van der Waals surface area contributed by atoms with E-state index in [9.17, 15) is 9.90 Å². The minimum absolute atomic E-state index is 0.133. The summed E-state index contributed by atoms with van der Waals surface area (Å²) in [5, 5.41) is 13.6. The fourth-order valence-corrected chi connectivity index (χ4v) is 3.01. The number of ether oxygens (including phenoxy) is 1. The van der Waals surface area contributed by atoms with Crippen molar-refractivity contribution in [2.24, 2.45) is 0 Å². The predicted molar refractivity (Wildman–Crippen MR) is 109 cm³/mol. The quantitative estimate of drug-likeness (QED) is 0.454. The number of carbonyl (C=O) groups is 1. The maximum atomic E-state index is 12.2. The lowest BCUT2D eigenvalue weighted by molar-refractivity contribution is 0.0526. The summed E-state index contributed by atoms with van der Waals surface area (Å²) in [6.07, 6.45) is 2.09. The highest BCUT2D eigenvalue weighted by atomic mass is 16.5. The van der Waals surface area contributed by atoms with Crippen molar-refractivity contribution in [3.8, 4) is 5.75 Å². The average molecular weight is 382 g/mol. The predicted octanol–water partition coefficient (Wildman–Crippen LogP) is 3.88. The number of imidazole rings is 1. The highest BCUT2D eigenvalue weighted by molar-refractivity contribution is 5.94. The lowest BCUT2D eigenvalue weighted by Gasteiger charge is -2.12. The topological polar surface area (TPSA) is 89.3 Å². The van der Waals surface area contributed by atoms with Crippen LogP contribution in [-0.2, 0) is 11.3 Å². The van der Waals surface area contributed by atoms with Crippen LogP contribution in [0.1, 0.15) is 48.4 Å². The second-order valence-corrected chi connectivity index (χ2v) is 6.64. The van der Waals surface area contributed by atoms with Gasteiger partial charge in [0.25, 0.3) is 0 Å². The molecule has 1 aromatic carbocycles. The standard InChI is InChI=1S/C21H26N4O3/c1-4-6-11-22-21-24-16-9-8-15(20(27)28-5-2)12-18(16)25(21)13-17-19(26)10-7-14(3)23-17/h7-10,12,26H,4-6,11,13H2,1-3H3,(H,22,24). The molecule has 2 N–H and O–H groups in total. The summed E-state index contributed by atoms with van der Waals surface area (Å²) in [6.45, 7) is 7.24. The van der Waals surface area contributed by atoms with E-state index >= 15 is 0 Å². The molecule has 0 bridgehead atoms. The van der Waals surface area contributed by atoms with Gasteiger partial charge in [-0.2, -0.15) is 0 Å². The van der Waals surface area contributed by atoms with Crippen molar-refractivity contribution < 1.29 is 14.6 Å². The number of esters is 1. The number of hydrogen-bond acceptors (Lipinski definition) is 6. The van der Waals surface area contributed by atoms with Gasteiger partial charge in [0.15, 0.2) is 0 Å². The van der Waals surface area contributed by atoms with E-state index in [0.717, 1.165) is 36.1 Å². The van der Waals surface area contributed by atoms with Crippen LogP contribution >= 0.6 is 0 Å². The number of aromatic nitrogens is 3. The summed E-state index contributed by atoms with van der Waals surface area (Å²) in [5.74, 6) is 0.454. The molecule has 28 heavy (non-hydrogen) atoms. The Morgan fingerprint density at radius 2 is 2.04 bits per heavy atom. The summed E-state index contributed by atoms with van der Waals surface area (Å²) in [5.41, 5.74) is 3.40. The molecule has 0 aliphatic carbocycles. The van der Waals surface area contributed by atoms with Gasteiger partial charge in [-0.15, -0.1) is 0 Å². The second-order valence-electron chi connectivity index (χ2n) is 6.64. The van der Waals surface area contributed by atoms with Gasteiger partial charge in [0, 0.05) is 12.2 Å². The number of fused-ring (bicyclic) bond motifs is 1. The molecule has 7 heteroatoms. The number of hydrogen-bond donors (Lipinski definition) is 2. The Kier molecular flexibility index (Phi) is 6.13. The molecule has 0 atom stereocenters. The normalized spacial score (nSPS) is 11.0. The number of rotatable bonds is 8. The molecule has 3 aromatic rings. The van der Waals surface area contributed by atoms with Crippen molar-refractivity contribution >= 4 is 23.0 Å². The fraction of sp³-hybridized carbons (Fsp3) is 0.381. The maximum absolute atomic E-state index is 12.2. The molecule has 3 rings (SSSR count). The number of anilines is 1. The van der Waals surface area contributed by atoms with Crippen molar-refractivity contribution in [2.75, 3.05) is 18.5 Å². The van der Waals surface area contributed by atoms with Gasteiger partial charge in [0.1, 0.15) is 11.4 Å². The van der Waals surface area contributed by atoms with Crippen molar-refractivity contribution in [1.82, 2.24) is 14.5 Å². The first-order valence-corrected chi connectivity index (χ1v) is 9.60. The van der Waals surface area contributed by atoms with Gasteiger partial charge in [0.05, 0.1) is 29.7 Å². The van der Waals surface area contributed by atoms with Crippen LogP contribution in [0.5, 0.6) is 5.75 Å². The Morgan fingerprint density at radius 3 is 2.79 bits per heavy atom. The SMILES string of the molecule is CCCCNc1nc2ccc(C(=O)OCC)cc2n1Cc1nc(C)ccc1O. The number of pyridine rings is 1. The fourth-order valence-electron chi connectivity index (χ4n) is 3.01. The summed E-state index contributed by atoms with van der Waals surface area (Å²) in [7, 11) is 0. The minimum atomic E-state index is -0.367. The van der Waals surface area contributed by atoms with Gasteiger partial charge in [-0.1, -0.05) is 13.3 Å². The first-order chi connectivity index (χ1) is 13.5. The molecule has 0 fully saturated rings. The molecule has 2 aromatic heterocycles. The van der Waals surface area contributed by atoms with Crippen LogP contribution < -0.4 is 5.32 Å². The lowest BCUT2D eigenvalue weighted by Crippen LogP contribution is -2.11. The smallest absolute Gasteiger partial charge is 0.338 e. The molecular formula is C21H26N4O3. The third-order valence-electron chi connectivity index (χ3n) is 4.47. The first-order valence-electron chi connectivity index (χ1n) is 9.60. The number of aromatic hydroxyl groups is 1. The summed E-state index contributed by atoms with van der Waals surface area (Å²) >= 11 is 0. The number of aryl methyl sites for hydroxylation is 1. The van der Waals surface area contributed by atoms with E-state index < -0.39 is 0 Å². The summed E-state index contributed by atoms with van der Waals surface area (Å²) in [6, 6.07) is 8.72. The van der Waals surface area contributed by atoms with E-state index in [-0.39, 0.29) is 11.7 Å². The molecule has 0 saturated heterocycles. The molecule has 0 saturated carbocycles. The van der Waals surface area contributed by atoms with Crippen LogP contribution in [0.15, 0.2) is 30.3 Å².